The summed E-state index contributed by atoms with van der Waals surface area (Å²) in [7, 11) is 0. The normalized spacial score (nSPS) is 12.5. The number of nitrogens with one attached hydrogen (secondary N) is 1. The van der Waals surface area contributed by atoms with Gasteiger partial charge in [0.15, 0.2) is 11.5 Å². The van der Waals surface area contributed by atoms with E-state index in [2.05, 4.69) is 10.5 Å². The first-order chi connectivity index (χ1) is 13.1. The van der Waals surface area contributed by atoms with Crippen LogP contribution in [-0.2, 0) is 0 Å². The van der Waals surface area contributed by atoms with Crippen molar-refractivity contribution in [3.63, 3.8) is 0 Å². The molecule has 1 N–H and O–H groups in total. The van der Waals surface area contributed by atoms with Gasteiger partial charge in [0.05, 0.1) is 16.3 Å². The van der Waals surface area contributed by atoms with E-state index in [0.29, 0.717) is 44.2 Å². The fourth-order valence-corrected chi connectivity index (χ4v) is 2.91. The number of carbonyl (C=O) groups excluding carboxylic acids is 1. The van der Waals surface area contributed by atoms with Crippen molar-refractivity contribution in [1.29, 1.82) is 0 Å². The molecule has 0 radical (unpaired) electrons. The first-order valence-corrected chi connectivity index (χ1v) is 8.65. The Labute approximate surface area is 164 Å². The van der Waals surface area contributed by atoms with E-state index in [1.165, 1.54) is 6.21 Å². The molecule has 0 bridgehead atoms. The third-order valence-electron chi connectivity index (χ3n) is 3.84. The van der Waals surface area contributed by atoms with Crippen LogP contribution in [0.1, 0.15) is 16.1 Å². The van der Waals surface area contributed by atoms with Crippen LogP contribution in [0.5, 0.6) is 11.5 Å². The van der Waals surface area contributed by atoms with Crippen molar-refractivity contribution >= 4 is 35.3 Å². The summed E-state index contributed by atoms with van der Waals surface area (Å²) in [6.45, 7) is 0.149. The zero-order valence-corrected chi connectivity index (χ0v) is 15.3. The van der Waals surface area contributed by atoms with Gasteiger partial charge in [-0.25, -0.2) is 5.43 Å². The van der Waals surface area contributed by atoms with Gasteiger partial charge in [0.25, 0.3) is 5.91 Å². The summed E-state index contributed by atoms with van der Waals surface area (Å²) in [5.74, 6) is 1.76. The van der Waals surface area contributed by atoms with Crippen LogP contribution in [0.15, 0.2) is 58.0 Å². The van der Waals surface area contributed by atoms with E-state index in [9.17, 15) is 4.79 Å². The molecule has 0 unspecified atom stereocenters. The molecule has 0 spiro atoms. The smallest absolute Gasteiger partial charge is 0.271 e. The molecular weight excluding hydrogens is 391 g/mol. The molecule has 0 aliphatic carbocycles. The maximum absolute atomic E-state index is 12.2. The monoisotopic (exact) mass is 402 g/mol. The van der Waals surface area contributed by atoms with Crippen LogP contribution in [0.4, 0.5) is 0 Å². The van der Waals surface area contributed by atoms with Crippen molar-refractivity contribution in [2.45, 2.75) is 0 Å². The number of ether oxygens (including phenoxy) is 2. The Bertz CT molecular complexity index is 1050. The van der Waals surface area contributed by atoms with Gasteiger partial charge in [-0.1, -0.05) is 29.3 Å². The number of nitrogens with zero attached hydrogens (tertiary/aromatic N) is 1. The molecule has 2 heterocycles. The largest absolute Gasteiger partial charge is 0.455 e. The van der Waals surface area contributed by atoms with E-state index >= 15 is 0 Å². The van der Waals surface area contributed by atoms with Gasteiger partial charge in [0, 0.05) is 11.1 Å². The number of carbonyl (C=O) groups is 1. The highest BCUT2D eigenvalue weighted by atomic mass is 35.5. The molecule has 1 aliphatic rings. The molecule has 1 aromatic heterocycles. The highest BCUT2D eigenvalue weighted by Crippen LogP contribution is 2.34. The lowest BCUT2D eigenvalue weighted by atomic mass is 10.2. The first kappa shape index (κ1) is 17.5. The van der Waals surface area contributed by atoms with Gasteiger partial charge >= 0.3 is 0 Å². The molecule has 3 aromatic rings. The van der Waals surface area contributed by atoms with Gasteiger partial charge < -0.3 is 13.9 Å². The van der Waals surface area contributed by atoms with Crippen molar-refractivity contribution in [2.24, 2.45) is 5.10 Å². The lowest BCUT2D eigenvalue weighted by Crippen LogP contribution is -2.17. The second-order valence-corrected chi connectivity index (χ2v) is 6.36. The minimum Gasteiger partial charge on any atom is -0.455 e. The Morgan fingerprint density at radius 2 is 1.93 bits per heavy atom. The molecule has 136 valence electrons. The molecule has 0 saturated heterocycles. The lowest BCUT2D eigenvalue weighted by molar-refractivity contribution is 0.0954. The van der Waals surface area contributed by atoms with Gasteiger partial charge in [-0.2, -0.15) is 5.10 Å². The molecule has 8 heteroatoms. The number of hydrazone groups is 1. The number of fused-ring (bicyclic) bond motifs is 1. The quantitative estimate of drug-likeness (QED) is 0.504. The van der Waals surface area contributed by atoms with Crippen molar-refractivity contribution in [1.82, 2.24) is 5.43 Å². The third-order valence-corrected chi connectivity index (χ3v) is 4.66. The summed E-state index contributed by atoms with van der Waals surface area (Å²) < 4.78 is 16.1. The minimum absolute atomic E-state index is 0.149. The van der Waals surface area contributed by atoms with Crippen molar-refractivity contribution in [2.75, 3.05) is 6.79 Å². The number of benzene rings is 2. The van der Waals surface area contributed by atoms with Gasteiger partial charge in [0.2, 0.25) is 6.79 Å². The Morgan fingerprint density at radius 3 is 2.81 bits per heavy atom. The van der Waals surface area contributed by atoms with Gasteiger partial charge in [-0.05, 0) is 42.5 Å². The van der Waals surface area contributed by atoms with Crippen LogP contribution >= 0.6 is 23.2 Å². The SMILES string of the molecule is O=C(N/N=C/c1ccc(-c2cccc(Cl)c2Cl)o1)c1ccc2c(c1)OCO2. The van der Waals surface area contributed by atoms with Gasteiger partial charge in [-0.3, -0.25) is 4.79 Å². The fourth-order valence-electron chi connectivity index (χ4n) is 2.52. The average molecular weight is 403 g/mol. The highest BCUT2D eigenvalue weighted by Gasteiger charge is 2.16. The van der Waals surface area contributed by atoms with Crippen molar-refractivity contribution in [3.05, 3.63) is 69.9 Å². The Morgan fingerprint density at radius 1 is 1.07 bits per heavy atom. The predicted octanol–water partition coefficient (Wildman–Crippen LogP) is 4.75. The zero-order chi connectivity index (χ0) is 18.8. The average Bonchev–Trinajstić information content (AvgIpc) is 3.32. The molecule has 6 nitrogen and oxygen atoms in total. The maximum Gasteiger partial charge on any atom is 0.271 e. The summed E-state index contributed by atoms with van der Waals surface area (Å²) >= 11 is 12.2. The lowest BCUT2D eigenvalue weighted by Gasteiger charge is -2.02. The van der Waals surface area contributed by atoms with E-state index in [1.807, 2.05) is 0 Å². The van der Waals surface area contributed by atoms with Crippen LogP contribution in [-0.4, -0.2) is 18.9 Å². The van der Waals surface area contributed by atoms with E-state index in [1.54, 1.807) is 48.5 Å². The number of amides is 1. The molecular formula is C19H12Cl2N2O4. The van der Waals surface area contributed by atoms with Crippen LogP contribution < -0.4 is 14.9 Å². The van der Waals surface area contributed by atoms with Crippen LogP contribution in [0.25, 0.3) is 11.3 Å². The summed E-state index contributed by atoms with van der Waals surface area (Å²) in [5, 5.41) is 4.76. The van der Waals surface area contributed by atoms with Crippen molar-refractivity contribution in [3.8, 4) is 22.8 Å². The molecule has 2 aromatic carbocycles. The van der Waals surface area contributed by atoms with Gasteiger partial charge in [-0.15, -0.1) is 0 Å². The van der Waals surface area contributed by atoms with Crippen molar-refractivity contribution < 1.29 is 18.7 Å². The van der Waals surface area contributed by atoms with E-state index in [0.717, 1.165) is 0 Å². The summed E-state index contributed by atoms with van der Waals surface area (Å²) in [4.78, 5) is 12.2. The molecule has 0 fully saturated rings. The fraction of sp³-hybridized carbons (Fsp3) is 0.0526. The number of halogens is 2. The van der Waals surface area contributed by atoms with Gasteiger partial charge in [0.1, 0.15) is 11.5 Å². The van der Waals surface area contributed by atoms with E-state index in [-0.39, 0.29) is 12.7 Å². The summed E-state index contributed by atoms with van der Waals surface area (Å²) in [6.07, 6.45) is 1.40. The molecule has 0 atom stereocenters. The number of hydrogen-bond donors (Lipinski definition) is 1. The van der Waals surface area contributed by atoms with Crippen LogP contribution in [0, 0.1) is 0 Å². The predicted molar refractivity (Wildman–Crippen MR) is 102 cm³/mol. The standard InChI is InChI=1S/C19H12Cl2N2O4/c20-14-3-1-2-13(18(14)21)15-7-5-12(27-15)9-22-23-19(24)11-4-6-16-17(8-11)26-10-25-16/h1-9H,10H2,(H,23,24)/b22-9+. The second-order valence-electron chi connectivity index (χ2n) is 5.57. The zero-order valence-electron chi connectivity index (χ0n) is 13.7. The topological polar surface area (TPSA) is 73.1 Å². The Hall–Kier alpha value is -2.96. The second kappa shape index (κ2) is 7.34. The Kier molecular flexibility index (Phi) is 4.75. The molecule has 27 heavy (non-hydrogen) atoms. The molecule has 4 rings (SSSR count). The third kappa shape index (κ3) is 3.63. The number of rotatable bonds is 4. The van der Waals surface area contributed by atoms with E-state index < -0.39 is 0 Å². The minimum atomic E-state index is -0.380. The Balaban J connectivity index is 1.44. The summed E-state index contributed by atoms with van der Waals surface area (Å²) in [5.41, 5.74) is 3.51. The van der Waals surface area contributed by atoms with Crippen LogP contribution in [0.2, 0.25) is 10.0 Å². The maximum atomic E-state index is 12.2. The van der Waals surface area contributed by atoms with Crippen LogP contribution in [0.3, 0.4) is 0 Å². The molecule has 0 saturated carbocycles. The highest BCUT2D eigenvalue weighted by molar-refractivity contribution is 6.43. The number of hydrogen-bond acceptors (Lipinski definition) is 5. The molecule has 1 amide bonds. The molecule has 1 aliphatic heterocycles. The summed E-state index contributed by atoms with van der Waals surface area (Å²) in [6, 6.07) is 13.6. The first-order valence-electron chi connectivity index (χ1n) is 7.89. The van der Waals surface area contributed by atoms with E-state index in [4.69, 9.17) is 37.1 Å². The number of furan rings is 1.